The standard InChI is InChI=1S/C15H17N3S/c1-11-6-7-12(2)14(9-11)18-15(19)17-10-13-5-3-4-8-16-13/h3-9H,10H2,1-2H3,(H2,17,18,19). The SMILES string of the molecule is Cc1ccc(C)c(NC(=S)NCc2ccccn2)c1. The molecule has 0 bridgehead atoms. The van der Waals surface area contributed by atoms with Crippen LogP contribution in [0.3, 0.4) is 0 Å². The molecule has 2 N–H and O–H groups in total. The average molecular weight is 271 g/mol. The molecule has 2 aromatic rings. The van der Waals surface area contributed by atoms with E-state index in [1.807, 2.05) is 18.2 Å². The minimum atomic E-state index is 0.611. The third-order valence-corrected chi connectivity index (χ3v) is 3.04. The predicted molar refractivity (Wildman–Crippen MR) is 83.2 cm³/mol. The summed E-state index contributed by atoms with van der Waals surface area (Å²) >= 11 is 5.29. The summed E-state index contributed by atoms with van der Waals surface area (Å²) in [4.78, 5) is 4.24. The summed E-state index contributed by atoms with van der Waals surface area (Å²) in [5.41, 5.74) is 4.39. The Balaban J connectivity index is 1.93. The molecule has 0 aliphatic rings. The van der Waals surface area contributed by atoms with Gasteiger partial charge in [0.2, 0.25) is 0 Å². The van der Waals surface area contributed by atoms with Crippen LogP contribution in [-0.2, 0) is 6.54 Å². The van der Waals surface area contributed by atoms with Gasteiger partial charge in [-0.05, 0) is 55.4 Å². The van der Waals surface area contributed by atoms with E-state index in [1.54, 1.807) is 6.20 Å². The Morgan fingerprint density at radius 3 is 2.79 bits per heavy atom. The van der Waals surface area contributed by atoms with E-state index in [0.29, 0.717) is 11.7 Å². The molecule has 19 heavy (non-hydrogen) atoms. The maximum Gasteiger partial charge on any atom is 0.171 e. The summed E-state index contributed by atoms with van der Waals surface area (Å²) in [6.45, 7) is 4.75. The van der Waals surface area contributed by atoms with E-state index in [-0.39, 0.29) is 0 Å². The molecule has 0 amide bonds. The zero-order valence-corrected chi connectivity index (χ0v) is 11.9. The van der Waals surface area contributed by atoms with Crippen LogP contribution in [0.5, 0.6) is 0 Å². The van der Waals surface area contributed by atoms with Crippen LogP contribution in [0.1, 0.15) is 16.8 Å². The number of benzene rings is 1. The van der Waals surface area contributed by atoms with Crippen molar-refractivity contribution in [3.8, 4) is 0 Å². The first-order chi connectivity index (χ1) is 9.15. The topological polar surface area (TPSA) is 37.0 Å². The first-order valence-corrected chi connectivity index (χ1v) is 6.58. The molecule has 0 saturated heterocycles. The second kappa shape index (κ2) is 6.29. The fourth-order valence-corrected chi connectivity index (χ4v) is 1.89. The average Bonchev–Trinajstić information content (AvgIpc) is 2.42. The lowest BCUT2D eigenvalue weighted by molar-refractivity contribution is 0.882. The van der Waals surface area contributed by atoms with E-state index in [0.717, 1.165) is 11.4 Å². The summed E-state index contributed by atoms with van der Waals surface area (Å²) in [6.07, 6.45) is 1.78. The van der Waals surface area contributed by atoms with Gasteiger partial charge < -0.3 is 10.6 Å². The zero-order chi connectivity index (χ0) is 13.7. The number of aromatic nitrogens is 1. The molecule has 1 aromatic carbocycles. The van der Waals surface area contributed by atoms with Crippen LogP contribution in [0.2, 0.25) is 0 Å². The first-order valence-electron chi connectivity index (χ1n) is 6.17. The van der Waals surface area contributed by atoms with Crippen LogP contribution in [0.25, 0.3) is 0 Å². The van der Waals surface area contributed by atoms with Crippen LogP contribution in [-0.4, -0.2) is 10.1 Å². The van der Waals surface area contributed by atoms with Crippen molar-refractivity contribution in [3.05, 3.63) is 59.4 Å². The molecule has 0 unspecified atom stereocenters. The lowest BCUT2D eigenvalue weighted by atomic mass is 10.1. The highest BCUT2D eigenvalue weighted by Crippen LogP contribution is 2.16. The number of nitrogens with one attached hydrogen (secondary N) is 2. The molecular weight excluding hydrogens is 254 g/mol. The van der Waals surface area contributed by atoms with Crippen LogP contribution in [0, 0.1) is 13.8 Å². The van der Waals surface area contributed by atoms with Gasteiger partial charge >= 0.3 is 0 Å². The molecule has 0 atom stereocenters. The fraction of sp³-hybridized carbons (Fsp3) is 0.200. The fourth-order valence-electron chi connectivity index (χ4n) is 1.71. The van der Waals surface area contributed by atoms with Crippen molar-refractivity contribution in [2.45, 2.75) is 20.4 Å². The van der Waals surface area contributed by atoms with E-state index in [2.05, 4.69) is 47.7 Å². The normalized spacial score (nSPS) is 10.0. The molecule has 0 radical (unpaired) electrons. The number of thiocarbonyl (C=S) groups is 1. The molecule has 0 aliphatic heterocycles. The maximum absolute atomic E-state index is 5.29. The minimum Gasteiger partial charge on any atom is -0.357 e. The Morgan fingerprint density at radius 1 is 1.21 bits per heavy atom. The van der Waals surface area contributed by atoms with Crippen LogP contribution in [0.4, 0.5) is 5.69 Å². The van der Waals surface area contributed by atoms with Gasteiger partial charge in [-0.25, -0.2) is 0 Å². The second-order valence-corrected chi connectivity index (χ2v) is 4.86. The zero-order valence-electron chi connectivity index (χ0n) is 11.1. The Morgan fingerprint density at radius 2 is 2.05 bits per heavy atom. The Kier molecular flexibility index (Phi) is 4.47. The number of hydrogen-bond donors (Lipinski definition) is 2. The van der Waals surface area contributed by atoms with Crippen molar-refractivity contribution in [1.29, 1.82) is 0 Å². The van der Waals surface area contributed by atoms with E-state index in [4.69, 9.17) is 12.2 Å². The van der Waals surface area contributed by atoms with Crippen molar-refractivity contribution < 1.29 is 0 Å². The molecule has 3 nitrogen and oxygen atoms in total. The van der Waals surface area contributed by atoms with Gasteiger partial charge in [0.05, 0.1) is 12.2 Å². The Hall–Kier alpha value is -1.94. The summed E-state index contributed by atoms with van der Waals surface area (Å²) in [5.74, 6) is 0. The van der Waals surface area contributed by atoms with Crippen molar-refractivity contribution in [2.24, 2.45) is 0 Å². The van der Waals surface area contributed by atoms with Gasteiger partial charge in [-0.1, -0.05) is 18.2 Å². The summed E-state index contributed by atoms with van der Waals surface area (Å²) in [6, 6.07) is 12.1. The molecule has 0 aliphatic carbocycles. The van der Waals surface area contributed by atoms with E-state index in [9.17, 15) is 0 Å². The van der Waals surface area contributed by atoms with Crippen LogP contribution in [0.15, 0.2) is 42.6 Å². The number of pyridine rings is 1. The Bertz CT molecular complexity index is 567. The first kappa shape index (κ1) is 13.5. The molecule has 0 fully saturated rings. The van der Waals surface area contributed by atoms with Crippen molar-refractivity contribution in [1.82, 2.24) is 10.3 Å². The van der Waals surface area contributed by atoms with Gasteiger partial charge in [0, 0.05) is 11.9 Å². The van der Waals surface area contributed by atoms with Crippen molar-refractivity contribution in [2.75, 3.05) is 5.32 Å². The highest BCUT2D eigenvalue weighted by Gasteiger charge is 2.01. The van der Waals surface area contributed by atoms with E-state index >= 15 is 0 Å². The molecule has 0 spiro atoms. The number of anilines is 1. The third-order valence-electron chi connectivity index (χ3n) is 2.80. The molecule has 0 saturated carbocycles. The van der Waals surface area contributed by atoms with Crippen LogP contribution >= 0.6 is 12.2 Å². The molecule has 2 rings (SSSR count). The summed E-state index contributed by atoms with van der Waals surface area (Å²) in [7, 11) is 0. The lowest BCUT2D eigenvalue weighted by Crippen LogP contribution is -2.28. The van der Waals surface area contributed by atoms with Gasteiger partial charge in [-0.15, -0.1) is 0 Å². The number of rotatable bonds is 3. The number of nitrogens with zero attached hydrogens (tertiary/aromatic N) is 1. The molecular formula is C15H17N3S. The third kappa shape index (κ3) is 4.03. The predicted octanol–water partition coefficient (Wildman–Crippen LogP) is 3.19. The lowest BCUT2D eigenvalue weighted by Gasteiger charge is -2.12. The quantitative estimate of drug-likeness (QED) is 0.841. The van der Waals surface area contributed by atoms with Crippen molar-refractivity contribution in [3.63, 3.8) is 0 Å². The molecule has 4 heteroatoms. The van der Waals surface area contributed by atoms with Crippen LogP contribution < -0.4 is 10.6 Å². The maximum atomic E-state index is 5.29. The molecule has 1 aromatic heterocycles. The molecule has 1 heterocycles. The van der Waals surface area contributed by atoms with E-state index < -0.39 is 0 Å². The highest BCUT2D eigenvalue weighted by atomic mass is 32.1. The van der Waals surface area contributed by atoms with E-state index in [1.165, 1.54) is 11.1 Å². The highest BCUT2D eigenvalue weighted by molar-refractivity contribution is 7.80. The largest absolute Gasteiger partial charge is 0.357 e. The van der Waals surface area contributed by atoms with Gasteiger partial charge in [0.15, 0.2) is 5.11 Å². The van der Waals surface area contributed by atoms with Crippen molar-refractivity contribution >= 4 is 23.0 Å². The summed E-state index contributed by atoms with van der Waals surface area (Å²) < 4.78 is 0. The number of hydrogen-bond acceptors (Lipinski definition) is 2. The Labute approximate surface area is 119 Å². The second-order valence-electron chi connectivity index (χ2n) is 4.45. The number of aryl methyl sites for hydroxylation is 2. The van der Waals surface area contributed by atoms with Gasteiger partial charge in [0.1, 0.15) is 0 Å². The monoisotopic (exact) mass is 271 g/mol. The van der Waals surface area contributed by atoms with Gasteiger partial charge in [-0.2, -0.15) is 0 Å². The van der Waals surface area contributed by atoms with Gasteiger partial charge in [-0.3, -0.25) is 4.98 Å². The molecule has 98 valence electrons. The summed E-state index contributed by atoms with van der Waals surface area (Å²) in [5, 5.41) is 6.98. The minimum absolute atomic E-state index is 0.611. The smallest absolute Gasteiger partial charge is 0.171 e. The van der Waals surface area contributed by atoms with Gasteiger partial charge in [0.25, 0.3) is 0 Å².